The lowest BCUT2D eigenvalue weighted by Crippen LogP contribution is -2.50. The van der Waals surface area contributed by atoms with Gasteiger partial charge < -0.3 is 24.5 Å². The van der Waals surface area contributed by atoms with E-state index >= 15 is 0 Å². The van der Waals surface area contributed by atoms with Crippen LogP contribution in [-0.2, 0) is 9.53 Å². The average molecular weight is 382 g/mol. The van der Waals surface area contributed by atoms with Gasteiger partial charge in [-0.15, -0.1) is 0 Å². The van der Waals surface area contributed by atoms with E-state index in [1.165, 1.54) is 39.0 Å². The number of amides is 2. The molecule has 7 nitrogen and oxygen atoms in total. The molecular weight excluding hydrogens is 346 g/mol. The highest BCUT2D eigenvalue weighted by molar-refractivity contribution is 5.80. The van der Waals surface area contributed by atoms with E-state index in [-0.39, 0.29) is 12.0 Å². The summed E-state index contributed by atoms with van der Waals surface area (Å²) in [6, 6.07) is 0.700. The molecule has 2 aliphatic heterocycles. The largest absolute Gasteiger partial charge is 0.441 e. The third kappa shape index (κ3) is 4.93. The molecule has 0 aromatic carbocycles. The molecule has 1 N–H and O–H groups in total. The molecular formula is C20H35N3O4. The molecule has 1 atom stereocenters. The van der Waals surface area contributed by atoms with Crippen molar-refractivity contribution < 1.29 is 19.4 Å². The van der Waals surface area contributed by atoms with Crippen LogP contribution in [0.15, 0.2) is 0 Å². The predicted molar refractivity (Wildman–Crippen MR) is 102 cm³/mol. The van der Waals surface area contributed by atoms with Crippen molar-refractivity contribution in [3.05, 3.63) is 0 Å². The summed E-state index contributed by atoms with van der Waals surface area (Å²) in [5, 5.41) is 9.46. The molecule has 0 unspecified atom stereocenters. The highest BCUT2D eigenvalue weighted by Crippen LogP contribution is 2.33. The van der Waals surface area contributed by atoms with Crippen LogP contribution in [0, 0.1) is 0 Å². The smallest absolute Gasteiger partial charge is 0.410 e. The highest BCUT2D eigenvalue weighted by Gasteiger charge is 2.47. The predicted octanol–water partition coefficient (Wildman–Crippen LogP) is 1.84. The fourth-order valence-corrected chi connectivity index (χ4v) is 4.74. The number of hydrogen-bond donors (Lipinski definition) is 1. The number of carbonyl (C=O) groups is 2. The molecule has 3 rings (SSSR count). The normalized spacial score (nSPS) is 24.5. The molecule has 3 fully saturated rings. The Labute approximate surface area is 162 Å². The Morgan fingerprint density at radius 1 is 1.30 bits per heavy atom. The minimum absolute atomic E-state index is 0.217. The van der Waals surface area contributed by atoms with E-state index in [1.807, 2.05) is 4.90 Å². The van der Waals surface area contributed by atoms with Crippen molar-refractivity contribution in [2.24, 2.45) is 0 Å². The highest BCUT2D eigenvalue weighted by atomic mass is 16.6. The molecule has 1 saturated carbocycles. The molecule has 7 heteroatoms. The summed E-state index contributed by atoms with van der Waals surface area (Å²) in [5.74, 6) is -0.239. The molecule has 0 aromatic rings. The van der Waals surface area contributed by atoms with E-state index in [9.17, 15) is 14.7 Å². The first-order chi connectivity index (χ1) is 12.9. The summed E-state index contributed by atoms with van der Waals surface area (Å²) in [7, 11) is 2.20. The van der Waals surface area contributed by atoms with E-state index in [0.717, 1.165) is 19.5 Å². The van der Waals surface area contributed by atoms with Gasteiger partial charge in [0.05, 0.1) is 6.54 Å². The Bertz CT molecular complexity index is 525. The van der Waals surface area contributed by atoms with Crippen LogP contribution >= 0.6 is 0 Å². The number of likely N-dealkylation sites (tertiary alicyclic amines) is 1. The zero-order valence-electron chi connectivity index (χ0n) is 16.9. The molecule has 0 bridgehead atoms. The number of hydrogen-bond acceptors (Lipinski definition) is 5. The first kappa shape index (κ1) is 20.4. The van der Waals surface area contributed by atoms with E-state index in [4.69, 9.17) is 4.74 Å². The summed E-state index contributed by atoms with van der Waals surface area (Å²) < 4.78 is 5.74. The first-order valence-electron chi connectivity index (χ1n) is 10.6. The maximum Gasteiger partial charge on any atom is 0.410 e. The zero-order valence-corrected chi connectivity index (χ0v) is 16.9. The standard InChI is InChI=1S/C20H35N3O4/c1-16(24)18(25)22-13-9-20(10-14-22)15-23(19(26)27-20)12-6-11-21(2)17-7-4-3-5-8-17/h16-17,24H,3-15H2,1-2H3/t16-/m0/s1. The van der Waals surface area contributed by atoms with Gasteiger partial charge in [0, 0.05) is 38.5 Å². The maximum atomic E-state index is 12.3. The van der Waals surface area contributed by atoms with Gasteiger partial charge in [0.2, 0.25) is 0 Å². The average Bonchev–Trinajstić information content (AvgIpc) is 2.97. The van der Waals surface area contributed by atoms with Crippen molar-refractivity contribution in [2.75, 3.05) is 39.8 Å². The SMILES string of the molecule is C[C@H](O)C(=O)N1CCC2(CC1)CN(CCCN(C)C1CCCCC1)C(=O)O2. The fraction of sp³-hybridized carbons (Fsp3) is 0.900. The quantitative estimate of drug-likeness (QED) is 0.760. The molecule has 0 radical (unpaired) electrons. The number of aliphatic hydroxyl groups excluding tert-OH is 1. The molecule has 2 amide bonds. The number of aliphatic hydroxyl groups is 1. The summed E-state index contributed by atoms with van der Waals surface area (Å²) >= 11 is 0. The van der Waals surface area contributed by atoms with Crippen molar-refractivity contribution in [3.63, 3.8) is 0 Å². The van der Waals surface area contributed by atoms with E-state index in [0.29, 0.717) is 38.5 Å². The Balaban J connectivity index is 1.42. The van der Waals surface area contributed by atoms with Crippen LogP contribution in [0.4, 0.5) is 4.79 Å². The van der Waals surface area contributed by atoms with Crippen LogP contribution in [0.1, 0.15) is 58.3 Å². The monoisotopic (exact) mass is 381 g/mol. The number of ether oxygens (including phenoxy) is 1. The Hall–Kier alpha value is -1.34. The van der Waals surface area contributed by atoms with Gasteiger partial charge in [0.1, 0.15) is 11.7 Å². The molecule has 0 aromatic heterocycles. The molecule has 27 heavy (non-hydrogen) atoms. The van der Waals surface area contributed by atoms with Crippen molar-refractivity contribution in [1.29, 1.82) is 0 Å². The Morgan fingerprint density at radius 2 is 1.96 bits per heavy atom. The van der Waals surface area contributed by atoms with Gasteiger partial charge in [-0.2, -0.15) is 0 Å². The van der Waals surface area contributed by atoms with Crippen molar-refractivity contribution in [2.45, 2.75) is 76.0 Å². The molecule has 1 aliphatic carbocycles. The van der Waals surface area contributed by atoms with Crippen LogP contribution in [-0.4, -0.2) is 89.3 Å². The third-order valence-corrected chi connectivity index (χ3v) is 6.52. The van der Waals surface area contributed by atoms with Gasteiger partial charge in [-0.1, -0.05) is 19.3 Å². The molecule has 2 saturated heterocycles. The fourth-order valence-electron chi connectivity index (χ4n) is 4.74. The number of carbonyl (C=O) groups excluding carboxylic acids is 2. The molecule has 2 heterocycles. The summed E-state index contributed by atoms with van der Waals surface area (Å²) in [6.07, 6.45) is 7.71. The van der Waals surface area contributed by atoms with Crippen LogP contribution in [0.2, 0.25) is 0 Å². The Morgan fingerprint density at radius 3 is 2.59 bits per heavy atom. The third-order valence-electron chi connectivity index (χ3n) is 6.52. The lowest BCUT2D eigenvalue weighted by atomic mass is 9.91. The zero-order chi connectivity index (χ0) is 19.4. The Kier molecular flexibility index (Phi) is 6.63. The summed E-state index contributed by atoms with van der Waals surface area (Å²) in [6.45, 7) is 4.93. The van der Waals surface area contributed by atoms with E-state index in [1.54, 1.807) is 4.90 Å². The lowest BCUT2D eigenvalue weighted by molar-refractivity contribution is -0.142. The number of rotatable bonds is 6. The van der Waals surface area contributed by atoms with Gasteiger partial charge in [0.25, 0.3) is 5.91 Å². The first-order valence-corrected chi connectivity index (χ1v) is 10.6. The van der Waals surface area contributed by atoms with Crippen molar-refractivity contribution in [1.82, 2.24) is 14.7 Å². The van der Waals surface area contributed by atoms with Crippen LogP contribution in [0.25, 0.3) is 0 Å². The van der Waals surface area contributed by atoms with Gasteiger partial charge in [-0.3, -0.25) is 4.79 Å². The van der Waals surface area contributed by atoms with Gasteiger partial charge in [0.15, 0.2) is 0 Å². The minimum Gasteiger partial charge on any atom is -0.441 e. The molecule has 154 valence electrons. The second-order valence-corrected chi connectivity index (χ2v) is 8.60. The van der Waals surface area contributed by atoms with Gasteiger partial charge in [-0.05, 0) is 39.8 Å². The second-order valence-electron chi connectivity index (χ2n) is 8.60. The summed E-state index contributed by atoms with van der Waals surface area (Å²) in [5.41, 5.74) is -0.457. The summed E-state index contributed by atoms with van der Waals surface area (Å²) in [4.78, 5) is 30.2. The van der Waals surface area contributed by atoms with Crippen LogP contribution in [0.3, 0.4) is 0 Å². The maximum absolute atomic E-state index is 12.3. The van der Waals surface area contributed by atoms with Crippen molar-refractivity contribution in [3.8, 4) is 0 Å². The number of piperidine rings is 1. The topological polar surface area (TPSA) is 73.3 Å². The minimum atomic E-state index is -0.970. The van der Waals surface area contributed by atoms with Crippen LogP contribution < -0.4 is 0 Å². The lowest BCUT2D eigenvalue weighted by Gasteiger charge is -2.37. The molecule has 1 spiro atoms. The van der Waals surface area contributed by atoms with Gasteiger partial charge >= 0.3 is 6.09 Å². The van der Waals surface area contributed by atoms with Crippen LogP contribution in [0.5, 0.6) is 0 Å². The number of nitrogens with zero attached hydrogens (tertiary/aromatic N) is 3. The molecule has 3 aliphatic rings. The second kappa shape index (κ2) is 8.78. The van der Waals surface area contributed by atoms with E-state index in [2.05, 4.69) is 11.9 Å². The van der Waals surface area contributed by atoms with Crippen molar-refractivity contribution >= 4 is 12.0 Å². The van der Waals surface area contributed by atoms with E-state index < -0.39 is 11.7 Å². The van der Waals surface area contributed by atoms with Gasteiger partial charge in [-0.25, -0.2) is 4.79 Å².